The Morgan fingerprint density at radius 2 is 1.65 bits per heavy atom. The van der Waals surface area contributed by atoms with Crippen molar-refractivity contribution < 1.29 is 23.9 Å². The van der Waals surface area contributed by atoms with Crippen molar-refractivity contribution in [3.05, 3.63) is 0 Å². The van der Waals surface area contributed by atoms with E-state index in [1.807, 2.05) is 0 Å². The number of ether oxygens (including phenoxy) is 1. The van der Waals surface area contributed by atoms with Crippen LogP contribution in [0, 0.1) is 17.3 Å². The molecule has 5 nitrogen and oxygen atoms in total. The Morgan fingerprint density at radius 3 is 1.88 bits per heavy atom. The van der Waals surface area contributed by atoms with Crippen molar-refractivity contribution in [1.29, 1.82) is 0 Å². The third-order valence-corrected chi connectivity index (χ3v) is 4.12. The van der Waals surface area contributed by atoms with Gasteiger partial charge in [0.2, 0.25) is 0 Å². The van der Waals surface area contributed by atoms with Crippen molar-refractivity contribution in [3.63, 3.8) is 0 Å². The first-order chi connectivity index (χ1) is 7.58. The molecule has 0 radical (unpaired) electrons. The second-order valence-electron chi connectivity index (χ2n) is 4.89. The molecule has 0 aromatic rings. The van der Waals surface area contributed by atoms with Crippen molar-refractivity contribution in [3.8, 4) is 0 Å². The molecular weight excluding hydrogens is 243 g/mol. The van der Waals surface area contributed by atoms with Crippen molar-refractivity contribution in [2.45, 2.75) is 34.6 Å². The Balaban J connectivity index is 5.44. The van der Waals surface area contributed by atoms with Gasteiger partial charge in [-0.2, -0.15) is 0 Å². The minimum absolute atomic E-state index is 0.200. The Labute approximate surface area is 103 Å². The predicted molar refractivity (Wildman–Crippen MR) is 65.7 cm³/mol. The smallest absolute Gasteiger partial charge is 0.326 e. The zero-order valence-corrected chi connectivity index (χ0v) is 12.0. The lowest BCUT2D eigenvalue weighted by Gasteiger charge is -2.38. The van der Waals surface area contributed by atoms with Gasteiger partial charge in [-0.3, -0.25) is 9.36 Å². The maximum absolute atomic E-state index is 12.1. The number of carbonyl (C=O) groups is 1. The Hall–Kier alpha value is -0.380. The zero-order valence-electron chi connectivity index (χ0n) is 11.1. The maximum atomic E-state index is 12.1. The van der Waals surface area contributed by atoms with Gasteiger partial charge < -0.3 is 14.5 Å². The summed E-state index contributed by atoms with van der Waals surface area (Å²) in [6.07, 6.45) is -0.464. The second-order valence-corrected chi connectivity index (χ2v) is 6.54. The van der Waals surface area contributed by atoms with Gasteiger partial charge in [-0.15, -0.1) is 0 Å². The molecular formula is C11H23O5P. The molecule has 17 heavy (non-hydrogen) atoms. The number of carbonyl (C=O) groups excluding carboxylic acids is 1. The number of esters is 1. The molecule has 0 amide bonds. The van der Waals surface area contributed by atoms with E-state index in [4.69, 9.17) is 4.74 Å². The summed E-state index contributed by atoms with van der Waals surface area (Å²) in [5, 5.41) is 0. The molecule has 2 N–H and O–H groups in total. The first-order valence-corrected chi connectivity index (χ1v) is 7.59. The van der Waals surface area contributed by atoms with Crippen molar-refractivity contribution in [2.75, 3.05) is 12.8 Å². The van der Waals surface area contributed by atoms with E-state index in [0.29, 0.717) is 0 Å². The fourth-order valence-corrected chi connectivity index (χ4v) is 3.72. The summed E-state index contributed by atoms with van der Waals surface area (Å²) in [5.74, 6) is -0.920. The van der Waals surface area contributed by atoms with Crippen LogP contribution in [0.5, 0.6) is 0 Å². The molecule has 0 aromatic carbocycles. The highest BCUT2D eigenvalue weighted by Crippen LogP contribution is 2.49. The first kappa shape index (κ1) is 16.6. The molecule has 0 aromatic heterocycles. The van der Waals surface area contributed by atoms with Gasteiger partial charge in [-0.25, -0.2) is 0 Å². The zero-order chi connectivity index (χ0) is 13.9. The molecule has 0 aliphatic rings. The third-order valence-electron chi connectivity index (χ3n) is 3.18. The van der Waals surface area contributed by atoms with Crippen LogP contribution in [0.2, 0.25) is 0 Å². The van der Waals surface area contributed by atoms with Crippen molar-refractivity contribution in [1.82, 2.24) is 0 Å². The summed E-state index contributed by atoms with van der Waals surface area (Å²) in [6.45, 7) is 9.03. The summed E-state index contributed by atoms with van der Waals surface area (Å²) < 4.78 is 16.2. The number of rotatable bonds is 6. The van der Waals surface area contributed by atoms with Crippen LogP contribution in [0.4, 0.5) is 0 Å². The fraction of sp³-hybridized carbons (Fsp3) is 0.909. The summed E-state index contributed by atoms with van der Waals surface area (Å²) in [4.78, 5) is 30.4. The fourth-order valence-electron chi connectivity index (χ4n) is 2.17. The SMILES string of the molecule is CCOC(=O)C(CP(=O)(O)O)(C(C)C)C(C)C. The van der Waals surface area contributed by atoms with E-state index in [1.54, 1.807) is 34.6 Å². The second kappa shape index (κ2) is 5.98. The molecule has 0 aliphatic carbocycles. The summed E-state index contributed by atoms with van der Waals surface area (Å²) >= 11 is 0. The Kier molecular flexibility index (Phi) is 5.85. The molecule has 0 aliphatic heterocycles. The summed E-state index contributed by atoms with van der Waals surface area (Å²) in [6, 6.07) is 0. The monoisotopic (exact) mass is 266 g/mol. The van der Waals surface area contributed by atoms with Gasteiger partial charge in [0.25, 0.3) is 0 Å². The van der Waals surface area contributed by atoms with E-state index < -0.39 is 25.1 Å². The summed E-state index contributed by atoms with van der Waals surface area (Å²) in [7, 11) is -4.27. The molecule has 102 valence electrons. The Morgan fingerprint density at radius 1 is 1.24 bits per heavy atom. The van der Waals surface area contributed by atoms with E-state index in [9.17, 15) is 19.1 Å². The van der Waals surface area contributed by atoms with Crippen LogP contribution >= 0.6 is 7.60 Å². The summed E-state index contributed by atoms with van der Waals surface area (Å²) in [5.41, 5.74) is -1.13. The predicted octanol–water partition coefficient (Wildman–Crippen LogP) is 2.03. The molecule has 0 saturated heterocycles. The quantitative estimate of drug-likeness (QED) is 0.567. The van der Waals surface area contributed by atoms with E-state index in [2.05, 4.69) is 0 Å². The van der Waals surface area contributed by atoms with Gasteiger partial charge in [0.1, 0.15) is 0 Å². The van der Waals surface area contributed by atoms with Crippen LogP contribution < -0.4 is 0 Å². The van der Waals surface area contributed by atoms with E-state index in [1.165, 1.54) is 0 Å². The van der Waals surface area contributed by atoms with Crippen LogP contribution in [0.3, 0.4) is 0 Å². The maximum Gasteiger partial charge on any atom is 0.326 e. The molecule has 0 atom stereocenters. The minimum atomic E-state index is -4.27. The molecule has 0 saturated carbocycles. The molecule has 0 spiro atoms. The molecule has 0 unspecified atom stereocenters. The molecule has 6 heteroatoms. The highest BCUT2D eigenvalue weighted by Gasteiger charge is 2.49. The van der Waals surface area contributed by atoms with Crippen LogP contribution in [0.25, 0.3) is 0 Å². The standard InChI is InChI=1S/C11H23O5P/c1-6-16-10(12)11(8(2)3,9(4)5)7-17(13,14)15/h8-9H,6-7H2,1-5H3,(H2,13,14,15). The molecule has 0 fully saturated rings. The lowest BCUT2D eigenvalue weighted by molar-refractivity contribution is -0.160. The van der Waals surface area contributed by atoms with Crippen LogP contribution in [-0.2, 0) is 14.1 Å². The van der Waals surface area contributed by atoms with Crippen LogP contribution in [0.1, 0.15) is 34.6 Å². The van der Waals surface area contributed by atoms with Gasteiger partial charge >= 0.3 is 13.6 Å². The van der Waals surface area contributed by atoms with Gasteiger partial charge in [0.05, 0.1) is 18.2 Å². The molecule has 0 bridgehead atoms. The largest absolute Gasteiger partial charge is 0.466 e. The number of hydrogen-bond donors (Lipinski definition) is 2. The van der Waals surface area contributed by atoms with E-state index >= 15 is 0 Å². The normalized spacial score (nSPS) is 13.2. The van der Waals surface area contributed by atoms with Gasteiger partial charge in [0.15, 0.2) is 0 Å². The topological polar surface area (TPSA) is 83.8 Å². The van der Waals surface area contributed by atoms with Crippen molar-refractivity contribution in [2.24, 2.45) is 17.3 Å². The van der Waals surface area contributed by atoms with E-state index in [0.717, 1.165) is 0 Å². The van der Waals surface area contributed by atoms with Crippen LogP contribution in [0.15, 0.2) is 0 Å². The lowest BCUT2D eigenvalue weighted by atomic mass is 9.70. The lowest BCUT2D eigenvalue weighted by Crippen LogP contribution is -2.45. The third kappa shape index (κ3) is 4.09. The molecule has 0 rings (SSSR count). The van der Waals surface area contributed by atoms with Gasteiger partial charge in [-0.1, -0.05) is 27.7 Å². The first-order valence-electron chi connectivity index (χ1n) is 5.79. The highest BCUT2D eigenvalue weighted by molar-refractivity contribution is 7.51. The molecule has 0 heterocycles. The van der Waals surface area contributed by atoms with Crippen molar-refractivity contribution >= 4 is 13.6 Å². The van der Waals surface area contributed by atoms with E-state index in [-0.39, 0.29) is 18.4 Å². The number of hydrogen-bond acceptors (Lipinski definition) is 3. The average Bonchev–Trinajstić information content (AvgIpc) is 2.11. The minimum Gasteiger partial charge on any atom is -0.466 e. The van der Waals surface area contributed by atoms with Gasteiger partial charge in [-0.05, 0) is 18.8 Å². The Bertz CT molecular complexity index is 297. The highest BCUT2D eigenvalue weighted by atomic mass is 31.2. The van der Waals surface area contributed by atoms with Gasteiger partial charge in [0, 0.05) is 0 Å². The average molecular weight is 266 g/mol. The van der Waals surface area contributed by atoms with Crippen LogP contribution in [-0.4, -0.2) is 28.5 Å².